The molecule has 0 fully saturated rings. The van der Waals surface area contributed by atoms with E-state index < -0.39 is 0 Å². The van der Waals surface area contributed by atoms with Gasteiger partial charge in [-0.15, -0.1) is 0 Å². The molecule has 0 radical (unpaired) electrons. The van der Waals surface area contributed by atoms with Gasteiger partial charge in [-0.05, 0) is 86.9 Å². The second-order valence-corrected chi connectivity index (χ2v) is 5.65. The van der Waals surface area contributed by atoms with Crippen LogP contribution in [0.5, 0.6) is 0 Å². The maximum Gasteiger partial charge on any atom is -0.00366 e. The average molecular weight is 248 g/mol. The van der Waals surface area contributed by atoms with Gasteiger partial charge < -0.3 is 11.5 Å². The Bertz CT molecular complexity index is 380. The lowest BCUT2D eigenvalue weighted by Gasteiger charge is -2.24. The predicted octanol–water partition coefficient (Wildman–Crippen LogP) is 2.95. The SMILES string of the molecule is Cc1cc(C)c(C)c(C(C)CC(CN)CN)c1C. The van der Waals surface area contributed by atoms with Crippen LogP contribution in [0.15, 0.2) is 6.07 Å². The van der Waals surface area contributed by atoms with Gasteiger partial charge in [-0.3, -0.25) is 0 Å². The van der Waals surface area contributed by atoms with E-state index in [1.807, 2.05) is 0 Å². The van der Waals surface area contributed by atoms with Crippen molar-refractivity contribution >= 4 is 0 Å². The minimum atomic E-state index is 0.430. The summed E-state index contributed by atoms with van der Waals surface area (Å²) in [5.41, 5.74) is 18.7. The fourth-order valence-electron chi connectivity index (χ4n) is 2.89. The standard InChI is InChI=1S/C16H28N2/c1-10-6-11(2)14(5)16(13(10)4)12(3)7-15(8-17)9-18/h6,12,15H,7-9,17-18H2,1-5H3. The highest BCUT2D eigenvalue weighted by molar-refractivity contribution is 5.45. The van der Waals surface area contributed by atoms with Crippen LogP contribution in [0.4, 0.5) is 0 Å². The zero-order valence-corrected chi connectivity index (χ0v) is 12.5. The molecule has 0 bridgehead atoms. The Morgan fingerprint density at radius 3 is 1.78 bits per heavy atom. The molecule has 4 N–H and O–H groups in total. The Kier molecular flexibility index (Phi) is 5.36. The third kappa shape index (κ3) is 3.12. The van der Waals surface area contributed by atoms with Gasteiger partial charge >= 0.3 is 0 Å². The summed E-state index contributed by atoms with van der Waals surface area (Å²) in [6, 6.07) is 2.28. The van der Waals surface area contributed by atoms with Gasteiger partial charge in [0.05, 0.1) is 0 Å². The fraction of sp³-hybridized carbons (Fsp3) is 0.625. The van der Waals surface area contributed by atoms with Crippen LogP contribution in [0, 0.1) is 33.6 Å². The van der Waals surface area contributed by atoms with Crippen LogP contribution in [0.1, 0.15) is 47.1 Å². The minimum absolute atomic E-state index is 0.430. The van der Waals surface area contributed by atoms with Crippen LogP contribution in [-0.2, 0) is 0 Å². The highest BCUT2D eigenvalue weighted by Crippen LogP contribution is 2.32. The number of nitrogens with two attached hydrogens (primary N) is 2. The molecule has 0 spiro atoms. The van der Waals surface area contributed by atoms with Crippen LogP contribution < -0.4 is 11.5 Å². The summed E-state index contributed by atoms with van der Waals surface area (Å²) in [5, 5.41) is 0. The van der Waals surface area contributed by atoms with Crippen molar-refractivity contribution in [1.82, 2.24) is 0 Å². The summed E-state index contributed by atoms with van der Waals surface area (Å²) in [5.74, 6) is 0.959. The Morgan fingerprint density at radius 1 is 0.944 bits per heavy atom. The lowest BCUT2D eigenvalue weighted by Crippen LogP contribution is -2.25. The summed E-state index contributed by atoms with van der Waals surface area (Å²) in [4.78, 5) is 0. The molecule has 2 heteroatoms. The van der Waals surface area contributed by atoms with E-state index in [0.29, 0.717) is 24.9 Å². The molecular weight excluding hydrogens is 220 g/mol. The van der Waals surface area contributed by atoms with E-state index in [4.69, 9.17) is 11.5 Å². The molecule has 0 heterocycles. The van der Waals surface area contributed by atoms with Gasteiger partial charge in [-0.1, -0.05) is 13.0 Å². The molecule has 1 rings (SSSR count). The van der Waals surface area contributed by atoms with Crippen molar-refractivity contribution in [2.45, 2.75) is 47.0 Å². The molecule has 1 aromatic carbocycles. The first kappa shape index (κ1) is 15.2. The van der Waals surface area contributed by atoms with Gasteiger partial charge in [0, 0.05) is 0 Å². The average Bonchev–Trinajstić information content (AvgIpc) is 2.33. The second-order valence-electron chi connectivity index (χ2n) is 5.65. The Balaban J connectivity index is 3.08. The fourth-order valence-corrected chi connectivity index (χ4v) is 2.89. The number of rotatable bonds is 5. The smallest absolute Gasteiger partial charge is 0.00366 e. The lowest BCUT2D eigenvalue weighted by molar-refractivity contribution is 0.463. The summed E-state index contributed by atoms with van der Waals surface area (Å²) >= 11 is 0. The molecule has 0 amide bonds. The Hall–Kier alpha value is -0.860. The largest absolute Gasteiger partial charge is 0.330 e. The first-order valence-electron chi connectivity index (χ1n) is 6.89. The lowest BCUT2D eigenvalue weighted by atomic mass is 9.82. The zero-order chi connectivity index (χ0) is 13.9. The minimum Gasteiger partial charge on any atom is -0.330 e. The van der Waals surface area contributed by atoms with Crippen LogP contribution in [0.25, 0.3) is 0 Å². The predicted molar refractivity (Wildman–Crippen MR) is 80.0 cm³/mol. The summed E-state index contributed by atoms with van der Waals surface area (Å²) in [6.07, 6.45) is 1.08. The van der Waals surface area contributed by atoms with Crippen molar-refractivity contribution in [1.29, 1.82) is 0 Å². The molecule has 1 atom stereocenters. The molecule has 18 heavy (non-hydrogen) atoms. The van der Waals surface area contributed by atoms with Gasteiger partial charge in [-0.25, -0.2) is 0 Å². The van der Waals surface area contributed by atoms with Gasteiger partial charge in [0.15, 0.2) is 0 Å². The molecule has 1 aromatic rings. The molecule has 0 aliphatic carbocycles. The first-order chi connectivity index (χ1) is 8.42. The van der Waals surface area contributed by atoms with Crippen molar-refractivity contribution < 1.29 is 0 Å². The van der Waals surface area contributed by atoms with E-state index in [1.54, 1.807) is 0 Å². The van der Waals surface area contributed by atoms with Crippen molar-refractivity contribution in [2.75, 3.05) is 13.1 Å². The quantitative estimate of drug-likeness (QED) is 0.841. The van der Waals surface area contributed by atoms with Crippen LogP contribution >= 0.6 is 0 Å². The highest BCUT2D eigenvalue weighted by atomic mass is 14.6. The van der Waals surface area contributed by atoms with Crippen molar-refractivity contribution in [3.8, 4) is 0 Å². The van der Waals surface area contributed by atoms with E-state index in [2.05, 4.69) is 40.7 Å². The van der Waals surface area contributed by atoms with E-state index in [9.17, 15) is 0 Å². The van der Waals surface area contributed by atoms with Crippen molar-refractivity contribution in [3.05, 3.63) is 33.9 Å². The summed E-state index contributed by atoms with van der Waals surface area (Å²) < 4.78 is 0. The molecular formula is C16H28N2. The first-order valence-corrected chi connectivity index (χ1v) is 6.89. The molecule has 0 saturated carbocycles. The highest BCUT2D eigenvalue weighted by Gasteiger charge is 2.17. The van der Waals surface area contributed by atoms with Gasteiger partial charge in [0.1, 0.15) is 0 Å². The van der Waals surface area contributed by atoms with Crippen LogP contribution in [0.2, 0.25) is 0 Å². The topological polar surface area (TPSA) is 52.0 Å². The second kappa shape index (κ2) is 6.35. The third-order valence-corrected chi connectivity index (χ3v) is 4.27. The molecule has 2 nitrogen and oxygen atoms in total. The van der Waals surface area contributed by atoms with Gasteiger partial charge in [0.2, 0.25) is 0 Å². The Morgan fingerprint density at radius 2 is 1.39 bits per heavy atom. The monoisotopic (exact) mass is 248 g/mol. The normalized spacial score (nSPS) is 13.1. The van der Waals surface area contributed by atoms with E-state index in [-0.39, 0.29) is 0 Å². The third-order valence-electron chi connectivity index (χ3n) is 4.27. The molecule has 0 aromatic heterocycles. The zero-order valence-electron chi connectivity index (χ0n) is 12.5. The number of aryl methyl sites for hydroxylation is 2. The molecule has 0 aliphatic heterocycles. The summed E-state index contributed by atoms with van der Waals surface area (Å²) in [7, 11) is 0. The number of hydrogen-bond acceptors (Lipinski definition) is 2. The van der Waals surface area contributed by atoms with E-state index >= 15 is 0 Å². The molecule has 0 aliphatic rings. The molecule has 102 valence electrons. The van der Waals surface area contributed by atoms with Gasteiger partial charge in [0.25, 0.3) is 0 Å². The van der Waals surface area contributed by atoms with Crippen LogP contribution in [0.3, 0.4) is 0 Å². The molecule has 1 unspecified atom stereocenters. The summed E-state index contributed by atoms with van der Waals surface area (Å²) in [6.45, 7) is 12.5. The number of hydrogen-bond donors (Lipinski definition) is 2. The number of benzene rings is 1. The van der Waals surface area contributed by atoms with Crippen LogP contribution in [-0.4, -0.2) is 13.1 Å². The molecule has 0 saturated heterocycles. The van der Waals surface area contributed by atoms with Gasteiger partial charge in [-0.2, -0.15) is 0 Å². The van der Waals surface area contributed by atoms with E-state index in [1.165, 1.54) is 27.8 Å². The maximum atomic E-state index is 5.77. The Labute approximate surface area is 112 Å². The van der Waals surface area contributed by atoms with Crippen molar-refractivity contribution in [2.24, 2.45) is 17.4 Å². The maximum absolute atomic E-state index is 5.77. The van der Waals surface area contributed by atoms with Crippen molar-refractivity contribution in [3.63, 3.8) is 0 Å². The van der Waals surface area contributed by atoms with E-state index in [0.717, 1.165) is 6.42 Å².